The standard InChI is InChI=1S/C27H25F2N3O6S/c1-27(16-8-9-18(28)19(29)14-16,17-6-4-5-7-21(17)39-3)32-22-15-37-13-12-30(22)25(34)23-24(38-26(35)36-2)20(33)10-11-31(23)32/h4-11,14,22H,12-13,15H2,1-3H3/t22-,27-/m1/s1. The lowest BCUT2D eigenvalue weighted by Gasteiger charge is -2.55. The first kappa shape index (κ1) is 26.7. The largest absolute Gasteiger partial charge is 0.513 e. The third-order valence-corrected chi connectivity index (χ3v) is 7.84. The van der Waals surface area contributed by atoms with Crippen LogP contribution in [0.25, 0.3) is 0 Å². The fourth-order valence-electron chi connectivity index (χ4n) is 5.19. The average molecular weight is 558 g/mol. The molecule has 3 heterocycles. The fourth-order valence-corrected chi connectivity index (χ4v) is 5.89. The number of pyridine rings is 1. The van der Waals surface area contributed by atoms with E-state index in [2.05, 4.69) is 4.74 Å². The number of methoxy groups -OCH3 is 1. The molecule has 0 spiro atoms. The molecule has 2 aliphatic heterocycles. The van der Waals surface area contributed by atoms with Crippen LogP contribution in [0.5, 0.6) is 5.75 Å². The van der Waals surface area contributed by atoms with Gasteiger partial charge < -0.3 is 19.1 Å². The zero-order chi connectivity index (χ0) is 27.9. The molecule has 39 heavy (non-hydrogen) atoms. The van der Waals surface area contributed by atoms with Gasteiger partial charge in [0.1, 0.15) is 11.7 Å². The minimum Gasteiger partial charge on any atom is -0.437 e. The first-order chi connectivity index (χ1) is 18.7. The van der Waals surface area contributed by atoms with E-state index in [1.54, 1.807) is 5.01 Å². The Morgan fingerprint density at radius 2 is 1.90 bits per heavy atom. The Hall–Kier alpha value is -3.90. The molecule has 0 N–H and O–H groups in total. The van der Waals surface area contributed by atoms with Gasteiger partial charge >= 0.3 is 6.16 Å². The van der Waals surface area contributed by atoms with E-state index in [-0.39, 0.29) is 25.5 Å². The molecule has 1 aromatic heterocycles. The van der Waals surface area contributed by atoms with E-state index < -0.39 is 46.6 Å². The van der Waals surface area contributed by atoms with Gasteiger partial charge in [0.05, 0.1) is 20.3 Å². The number of rotatable bonds is 5. The molecule has 1 fully saturated rings. The highest BCUT2D eigenvalue weighted by Crippen LogP contribution is 2.43. The Morgan fingerprint density at radius 3 is 2.62 bits per heavy atom. The topological polar surface area (TPSA) is 90.3 Å². The average Bonchev–Trinajstić information content (AvgIpc) is 2.95. The van der Waals surface area contributed by atoms with E-state index in [1.165, 1.54) is 33.6 Å². The number of halogens is 2. The van der Waals surface area contributed by atoms with Crippen molar-refractivity contribution < 1.29 is 32.6 Å². The molecule has 1 amide bonds. The van der Waals surface area contributed by atoms with E-state index in [0.29, 0.717) is 5.56 Å². The summed E-state index contributed by atoms with van der Waals surface area (Å²) in [6.45, 7) is 2.33. The summed E-state index contributed by atoms with van der Waals surface area (Å²) in [5.41, 5.74) is -1.07. The van der Waals surface area contributed by atoms with E-state index in [0.717, 1.165) is 35.8 Å². The third-order valence-electron chi connectivity index (χ3n) is 7.04. The van der Waals surface area contributed by atoms with Gasteiger partial charge in [-0.3, -0.25) is 19.3 Å². The minimum atomic E-state index is -1.26. The van der Waals surface area contributed by atoms with Crippen LogP contribution >= 0.6 is 11.8 Å². The lowest BCUT2D eigenvalue weighted by molar-refractivity contribution is -0.0248. The molecule has 0 unspecified atom stereocenters. The van der Waals surface area contributed by atoms with Gasteiger partial charge in [0, 0.05) is 23.7 Å². The molecule has 2 aliphatic rings. The van der Waals surface area contributed by atoms with Crippen LogP contribution in [-0.4, -0.2) is 60.9 Å². The number of carbonyl (C=O) groups excluding carboxylic acids is 2. The Balaban J connectivity index is 1.87. The van der Waals surface area contributed by atoms with Crippen molar-refractivity contribution in [3.05, 3.63) is 93.4 Å². The molecule has 2 aromatic carbocycles. The van der Waals surface area contributed by atoms with Crippen LogP contribution in [0, 0.1) is 11.6 Å². The Bertz CT molecular complexity index is 1520. The molecule has 0 radical (unpaired) electrons. The summed E-state index contributed by atoms with van der Waals surface area (Å²) in [4.78, 5) is 41.1. The normalized spacial score (nSPS) is 18.2. The maximum Gasteiger partial charge on any atom is 0.513 e. The highest BCUT2D eigenvalue weighted by molar-refractivity contribution is 7.98. The first-order valence-corrected chi connectivity index (χ1v) is 13.2. The summed E-state index contributed by atoms with van der Waals surface area (Å²) in [7, 11) is 1.08. The van der Waals surface area contributed by atoms with Crippen LogP contribution in [-0.2, 0) is 15.0 Å². The van der Waals surface area contributed by atoms with Gasteiger partial charge in [0.15, 0.2) is 17.3 Å². The predicted molar refractivity (Wildman–Crippen MR) is 139 cm³/mol. The van der Waals surface area contributed by atoms with Gasteiger partial charge in [-0.15, -0.1) is 11.8 Å². The number of benzene rings is 2. The lowest BCUT2D eigenvalue weighted by atomic mass is 9.82. The second kappa shape index (κ2) is 10.3. The second-order valence-electron chi connectivity index (χ2n) is 9.06. The summed E-state index contributed by atoms with van der Waals surface area (Å²) in [5.74, 6) is -3.11. The van der Waals surface area contributed by atoms with Gasteiger partial charge in [-0.2, -0.15) is 0 Å². The van der Waals surface area contributed by atoms with Crippen LogP contribution in [0.1, 0.15) is 28.5 Å². The van der Waals surface area contributed by atoms with E-state index in [1.807, 2.05) is 37.4 Å². The van der Waals surface area contributed by atoms with E-state index in [4.69, 9.17) is 9.47 Å². The number of morpholine rings is 1. The Kier molecular flexibility index (Phi) is 7.08. The summed E-state index contributed by atoms with van der Waals surface area (Å²) in [5, 5.41) is 1.77. The number of ether oxygens (including phenoxy) is 3. The number of hydrogen-bond acceptors (Lipinski definition) is 8. The molecule has 3 aromatic rings. The van der Waals surface area contributed by atoms with Crippen LogP contribution < -0.4 is 15.2 Å². The van der Waals surface area contributed by atoms with Crippen LogP contribution in [0.3, 0.4) is 0 Å². The first-order valence-electron chi connectivity index (χ1n) is 12.0. The quantitative estimate of drug-likeness (QED) is 0.347. The summed E-state index contributed by atoms with van der Waals surface area (Å²) in [6, 6.07) is 12.3. The molecular weight excluding hydrogens is 532 g/mol. The van der Waals surface area contributed by atoms with Crippen molar-refractivity contribution in [1.29, 1.82) is 0 Å². The van der Waals surface area contributed by atoms with Gasteiger partial charge in [-0.25, -0.2) is 13.6 Å². The molecule has 0 saturated carbocycles. The number of thioether (sulfide) groups is 1. The summed E-state index contributed by atoms with van der Waals surface area (Å²) < 4.78 is 45.8. The zero-order valence-corrected chi connectivity index (χ0v) is 22.2. The van der Waals surface area contributed by atoms with Gasteiger partial charge in [-0.1, -0.05) is 24.3 Å². The van der Waals surface area contributed by atoms with Gasteiger partial charge in [-0.05, 0) is 42.5 Å². The van der Waals surface area contributed by atoms with Crippen molar-refractivity contribution in [3.8, 4) is 5.75 Å². The lowest BCUT2D eigenvalue weighted by Crippen LogP contribution is -2.70. The fraction of sp³-hybridized carbons (Fsp3) is 0.296. The second-order valence-corrected chi connectivity index (χ2v) is 9.91. The third kappa shape index (κ3) is 4.33. The SMILES string of the molecule is COC(=O)Oc1c2n(ccc1=O)N([C@](C)(c1ccc(F)c(F)c1)c1ccccc1SC)[C@@H]1COCCN1C2=O. The van der Waals surface area contributed by atoms with Crippen molar-refractivity contribution in [2.75, 3.05) is 38.1 Å². The summed E-state index contributed by atoms with van der Waals surface area (Å²) in [6.07, 6.45) is 1.40. The van der Waals surface area contributed by atoms with Crippen LogP contribution in [0.15, 0.2) is 64.4 Å². The van der Waals surface area contributed by atoms with Crippen LogP contribution in [0.2, 0.25) is 0 Å². The number of amides is 1. The number of nitrogens with zero attached hydrogens (tertiary/aromatic N) is 3. The Labute approximate surface area is 226 Å². The van der Waals surface area contributed by atoms with Crippen molar-refractivity contribution in [2.24, 2.45) is 0 Å². The maximum atomic E-state index is 14.8. The van der Waals surface area contributed by atoms with Gasteiger partial charge in [0.2, 0.25) is 11.2 Å². The van der Waals surface area contributed by atoms with Crippen molar-refractivity contribution in [1.82, 2.24) is 9.58 Å². The maximum absolute atomic E-state index is 14.8. The van der Waals surface area contributed by atoms with Gasteiger partial charge in [0.25, 0.3) is 5.91 Å². The smallest absolute Gasteiger partial charge is 0.437 e. The van der Waals surface area contributed by atoms with Crippen molar-refractivity contribution in [3.63, 3.8) is 0 Å². The number of hydrogen-bond donors (Lipinski definition) is 0. The molecular formula is C27H25F2N3O6S. The van der Waals surface area contributed by atoms with Crippen molar-refractivity contribution in [2.45, 2.75) is 23.5 Å². The van der Waals surface area contributed by atoms with E-state index in [9.17, 15) is 23.2 Å². The molecule has 0 bridgehead atoms. The minimum absolute atomic E-state index is 0.0885. The van der Waals surface area contributed by atoms with E-state index >= 15 is 0 Å². The number of fused-ring (bicyclic) bond motifs is 2. The molecule has 2 atom stereocenters. The highest BCUT2D eigenvalue weighted by atomic mass is 32.2. The molecule has 1 saturated heterocycles. The van der Waals surface area contributed by atoms with Crippen LogP contribution in [0.4, 0.5) is 13.6 Å². The molecule has 12 heteroatoms. The molecule has 9 nitrogen and oxygen atoms in total. The van der Waals surface area contributed by atoms with Crippen molar-refractivity contribution >= 4 is 23.8 Å². The zero-order valence-electron chi connectivity index (χ0n) is 21.4. The predicted octanol–water partition coefficient (Wildman–Crippen LogP) is 3.71. The molecule has 0 aliphatic carbocycles. The number of carbonyl (C=O) groups is 2. The Morgan fingerprint density at radius 1 is 1.13 bits per heavy atom. The molecule has 5 rings (SSSR count). The number of aromatic nitrogens is 1. The molecule has 204 valence electrons. The highest BCUT2D eigenvalue weighted by Gasteiger charge is 2.50. The monoisotopic (exact) mass is 557 g/mol. The summed E-state index contributed by atoms with van der Waals surface area (Å²) >= 11 is 1.47.